The van der Waals surface area contributed by atoms with Crippen molar-refractivity contribution < 1.29 is 4.74 Å². The molecule has 0 aromatic carbocycles. The zero-order valence-electron chi connectivity index (χ0n) is 13.3. The molecule has 0 aromatic heterocycles. The van der Waals surface area contributed by atoms with Crippen molar-refractivity contribution in [3.05, 3.63) is 0 Å². The zero-order valence-corrected chi connectivity index (χ0v) is 13.3. The lowest BCUT2D eigenvalue weighted by Gasteiger charge is -2.28. The molecule has 0 aliphatic heterocycles. The fourth-order valence-electron chi connectivity index (χ4n) is 3.25. The van der Waals surface area contributed by atoms with Crippen LogP contribution in [0, 0.1) is 5.92 Å². The van der Waals surface area contributed by atoms with E-state index in [1.807, 2.05) is 0 Å². The molecule has 0 spiro atoms. The molecule has 2 N–H and O–H groups in total. The monoisotopic (exact) mass is 269 g/mol. The quantitative estimate of drug-likeness (QED) is 0.554. The summed E-state index contributed by atoms with van der Waals surface area (Å²) in [5.41, 5.74) is 5.94. The van der Waals surface area contributed by atoms with Crippen molar-refractivity contribution in [3.8, 4) is 0 Å². The average Bonchev–Trinajstić information content (AvgIpc) is 2.79. The second-order valence-electron chi connectivity index (χ2n) is 6.56. The number of unbranched alkanes of at least 4 members (excludes halogenated alkanes) is 7. The van der Waals surface area contributed by atoms with Crippen molar-refractivity contribution in [2.75, 3.05) is 13.2 Å². The molecule has 2 heteroatoms. The Morgan fingerprint density at radius 3 is 2.21 bits per heavy atom. The summed E-state index contributed by atoms with van der Waals surface area (Å²) in [5.74, 6) is 0.794. The molecule has 114 valence electrons. The van der Waals surface area contributed by atoms with Gasteiger partial charge in [0.1, 0.15) is 0 Å². The predicted octanol–water partition coefficient (Wildman–Crippen LogP) is 4.66. The van der Waals surface area contributed by atoms with E-state index in [2.05, 4.69) is 13.8 Å². The van der Waals surface area contributed by atoms with Gasteiger partial charge in [0.05, 0.1) is 5.60 Å². The molecule has 1 aliphatic carbocycles. The van der Waals surface area contributed by atoms with Gasteiger partial charge in [-0.25, -0.2) is 0 Å². The van der Waals surface area contributed by atoms with E-state index in [0.29, 0.717) is 6.54 Å². The summed E-state index contributed by atoms with van der Waals surface area (Å²) in [6.07, 6.45) is 14.5. The molecule has 1 fully saturated rings. The van der Waals surface area contributed by atoms with Gasteiger partial charge in [-0.05, 0) is 31.6 Å². The minimum atomic E-state index is 0.0283. The Hall–Kier alpha value is -0.0800. The van der Waals surface area contributed by atoms with Gasteiger partial charge in [0.25, 0.3) is 0 Å². The maximum Gasteiger partial charge on any atom is 0.0806 e. The lowest BCUT2D eigenvalue weighted by Crippen LogP contribution is -2.38. The van der Waals surface area contributed by atoms with E-state index in [4.69, 9.17) is 10.5 Å². The van der Waals surface area contributed by atoms with Crippen molar-refractivity contribution in [1.29, 1.82) is 0 Å². The Morgan fingerprint density at radius 1 is 1.05 bits per heavy atom. The van der Waals surface area contributed by atoms with E-state index in [9.17, 15) is 0 Å². The highest BCUT2D eigenvalue weighted by atomic mass is 16.5. The number of hydrogen-bond acceptors (Lipinski definition) is 2. The van der Waals surface area contributed by atoms with Crippen LogP contribution in [0.25, 0.3) is 0 Å². The van der Waals surface area contributed by atoms with Crippen molar-refractivity contribution in [2.45, 2.75) is 90.1 Å². The van der Waals surface area contributed by atoms with E-state index < -0.39 is 0 Å². The summed E-state index contributed by atoms with van der Waals surface area (Å²) in [6, 6.07) is 0. The van der Waals surface area contributed by atoms with Gasteiger partial charge >= 0.3 is 0 Å². The highest BCUT2D eigenvalue weighted by molar-refractivity contribution is 4.90. The van der Waals surface area contributed by atoms with Crippen LogP contribution in [0.3, 0.4) is 0 Å². The topological polar surface area (TPSA) is 35.2 Å². The second kappa shape index (κ2) is 9.77. The van der Waals surface area contributed by atoms with Crippen molar-refractivity contribution in [2.24, 2.45) is 11.7 Å². The molecule has 1 saturated carbocycles. The van der Waals surface area contributed by atoms with Gasteiger partial charge in [-0.3, -0.25) is 0 Å². The Kier molecular flexibility index (Phi) is 8.72. The SMILES string of the molecule is CCCCCCCCCCOC1(CN)CCC(C)C1. The largest absolute Gasteiger partial charge is 0.374 e. The normalized spacial score (nSPS) is 27.0. The van der Waals surface area contributed by atoms with Gasteiger partial charge < -0.3 is 10.5 Å². The van der Waals surface area contributed by atoms with Crippen LogP contribution in [0.1, 0.15) is 84.5 Å². The third-order valence-corrected chi connectivity index (χ3v) is 4.59. The van der Waals surface area contributed by atoms with Gasteiger partial charge in [0, 0.05) is 13.2 Å². The van der Waals surface area contributed by atoms with Crippen molar-refractivity contribution in [3.63, 3.8) is 0 Å². The molecule has 19 heavy (non-hydrogen) atoms. The molecule has 2 nitrogen and oxygen atoms in total. The standard InChI is InChI=1S/C17H35NO/c1-3-4-5-6-7-8-9-10-13-19-17(15-18)12-11-16(2)14-17/h16H,3-15,18H2,1-2H3. The van der Waals surface area contributed by atoms with E-state index in [1.54, 1.807) is 0 Å². The summed E-state index contributed by atoms with van der Waals surface area (Å²) >= 11 is 0. The number of nitrogens with two attached hydrogens (primary N) is 1. The first kappa shape index (κ1) is 17.0. The molecule has 1 rings (SSSR count). The highest BCUT2D eigenvalue weighted by Gasteiger charge is 2.36. The first-order chi connectivity index (χ1) is 9.22. The Labute approximate surface area is 120 Å². The minimum absolute atomic E-state index is 0.0283. The van der Waals surface area contributed by atoms with Gasteiger partial charge in [0.2, 0.25) is 0 Å². The van der Waals surface area contributed by atoms with E-state index in [1.165, 1.54) is 70.6 Å². The molecule has 1 aliphatic rings. The van der Waals surface area contributed by atoms with Crippen molar-refractivity contribution in [1.82, 2.24) is 0 Å². The van der Waals surface area contributed by atoms with E-state index >= 15 is 0 Å². The molecular formula is C17H35NO. The van der Waals surface area contributed by atoms with Crippen LogP contribution in [0.5, 0.6) is 0 Å². The van der Waals surface area contributed by atoms with Crippen LogP contribution in [0.15, 0.2) is 0 Å². The molecular weight excluding hydrogens is 234 g/mol. The van der Waals surface area contributed by atoms with E-state index in [0.717, 1.165) is 12.5 Å². The Balaban J connectivity index is 1.95. The highest BCUT2D eigenvalue weighted by Crippen LogP contribution is 2.36. The van der Waals surface area contributed by atoms with Gasteiger partial charge in [-0.2, -0.15) is 0 Å². The van der Waals surface area contributed by atoms with Crippen LogP contribution in [0.2, 0.25) is 0 Å². The van der Waals surface area contributed by atoms with Crippen LogP contribution in [0.4, 0.5) is 0 Å². The Morgan fingerprint density at radius 2 is 1.68 bits per heavy atom. The first-order valence-corrected chi connectivity index (χ1v) is 8.56. The maximum atomic E-state index is 6.13. The van der Waals surface area contributed by atoms with Gasteiger partial charge in [-0.15, -0.1) is 0 Å². The van der Waals surface area contributed by atoms with Crippen LogP contribution < -0.4 is 5.73 Å². The van der Waals surface area contributed by atoms with Crippen LogP contribution >= 0.6 is 0 Å². The van der Waals surface area contributed by atoms with E-state index in [-0.39, 0.29) is 5.60 Å². The summed E-state index contributed by atoms with van der Waals surface area (Å²) in [5, 5.41) is 0. The smallest absolute Gasteiger partial charge is 0.0806 e. The van der Waals surface area contributed by atoms with Crippen molar-refractivity contribution >= 4 is 0 Å². The summed E-state index contributed by atoms with van der Waals surface area (Å²) in [7, 11) is 0. The molecule has 0 radical (unpaired) electrons. The summed E-state index contributed by atoms with van der Waals surface area (Å²) < 4.78 is 6.13. The number of hydrogen-bond donors (Lipinski definition) is 1. The third kappa shape index (κ3) is 6.76. The predicted molar refractivity (Wildman–Crippen MR) is 83.4 cm³/mol. The molecule has 0 bridgehead atoms. The molecule has 2 atom stereocenters. The van der Waals surface area contributed by atoms with Crippen LogP contribution in [-0.2, 0) is 4.74 Å². The molecule has 0 heterocycles. The molecule has 0 aromatic rings. The molecule has 0 amide bonds. The fraction of sp³-hybridized carbons (Fsp3) is 1.00. The second-order valence-corrected chi connectivity index (χ2v) is 6.56. The summed E-state index contributed by atoms with van der Waals surface area (Å²) in [4.78, 5) is 0. The Bertz CT molecular complexity index is 219. The van der Waals surface area contributed by atoms with Gasteiger partial charge in [0.15, 0.2) is 0 Å². The third-order valence-electron chi connectivity index (χ3n) is 4.59. The number of rotatable bonds is 11. The molecule has 0 saturated heterocycles. The van der Waals surface area contributed by atoms with Gasteiger partial charge in [-0.1, -0.05) is 58.8 Å². The van der Waals surface area contributed by atoms with Crippen LogP contribution in [-0.4, -0.2) is 18.8 Å². The lowest BCUT2D eigenvalue weighted by atomic mass is 10.0. The first-order valence-electron chi connectivity index (χ1n) is 8.56. The number of ether oxygens (including phenoxy) is 1. The summed E-state index contributed by atoms with van der Waals surface area (Å²) in [6.45, 7) is 6.21. The zero-order chi connectivity index (χ0) is 14.0. The fourth-order valence-corrected chi connectivity index (χ4v) is 3.25. The maximum absolute atomic E-state index is 6.13. The molecule has 2 unspecified atom stereocenters. The lowest BCUT2D eigenvalue weighted by molar-refractivity contribution is -0.0374. The average molecular weight is 269 g/mol. The minimum Gasteiger partial charge on any atom is -0.374 e.